The second-order valence-corrected chi connectivity index (χ2v) is 11.8. The fourth-order valence-corrected chi connectivity index (χ4v) is 6.88. The molecular weight excluding hydrogens is 398 g/mol. The molecule has 0 spiro atoms. The van der Waals surface area contributed by atoms with Gasteiger partial charge in [-0.25, -0.2) is 8.42 Å². The molecule has 0 unspecified atom stereocenters. The van der Waals surface area contributed by atoms with Gasteiger partial charge < -0.3 is 0 Å². The van der Waals surface area contributed by atoms with E-state index in [0.717, 1.165) is 25.7 Å². The van der Waals surface area contributed by atoms with Gasteiger partial charge in [0, 0.05) is 45.8 Å². The molecule has 1 aromatic rings. The molecule has 0 N–H and O–H groups in total. The standard InChI is InChI=1S/C19H31N3O4S2/c1-20(18-8-4-2-5-9-18)28(25,26)22-14-12-21(13-15-22)16-17-27(23,24)19-10-6-3-7-11-19/h3,6-7,10-11,18H,2,4-5,8-9,12-17H2,1H3. The predicted molar refractivity (Wildman–Crippen MR) is 110 cm³/mol. The Morgan fingerprint density at radius 2 is 1.54 bits per heavy atom. The molecule has 0 atom stereocenters. The Balaban J connectivity index is 1.51. The summed E-state index contributed by atoms with van der Waals surface area (Å²) in [5, 5.41) is 0. The van der Waals surface area contributed by atoms with Crippen LogP contribution in [-0.4, -0.2) is 81.9 Å². The number of nitrogens with zero attached hydrogens (tertiary/aromatic N) is 3. The quantitative estimate of drug-likeness (QED) is 0.658. The lowest BCUT2D eigenvalue weighted by atomic mass is 9.96. The van der Waals surface area contributed by atoms with Crippen LogP contribution < -0.4 is 0 Å². The Labute approximate surface area is 169 Å². The molecule has 0 radical (unpaired) electrons. The summed E-state index contributed by atoms with van der Waals surface area (Å²) in [5.41, 5.74) is 0. The van der Waals surface area contributed by atoms with Crippen molar-refractivity contribution in [1.82, 2.24) is 13.5 Å². The topological polar surface area (TPSA) is 78.0 Å². The first-order chi connectivity index (χ1) is 13.3. The van der Waals surface area contributed by atoms with Crippen molar-refractivity contribution in [1.29, 1.82) is 0 Å². The predicted octanol–water partition coefficient (Wildman–Crippen LogP) is 1.59. The Morgan fingerprint density at radius 3 is 2.14 bits per heavy atom. The highest BCUT2D eigenvalue weighted by atomic mass is 32.2. The van der Waals surface area contributed by atoms with Gasteiger partial charge in [0.15, 0.2) is 9.84 Å². The molecule has 158 valence electrons. The average molecular weight is 430 g/mol. The van der Waals surface area contributed by atoms with Crippen LogP contribution >= 0.6 is 0 Å². The van der Waals surface area contributed by atoms with E-state index in [1.54, 1.807) is 46.0 Å². The minimum absolute atomic E-state index is 0.0474. The molecule has 9 heteroatoms. The maximum atomic E-state index is 12.9. The van der Waals surface area contributed by atoms with Crippen LogP contribution in [-0.2, 0) is 20.0 Å². The fourth-order valence-electron chi connectivity index (χ4n) is 3.99. The third-order valence-electron chi connectivity index (χ3n) is 5.89. The summed E-state index contributed by atoms with van der Waals surface area (Å²) >= 11 is 0. The van der Waals surface area contributed by atoms with Crippen LogP contribution in [0, 0.1) is 0 Å². The zero-order valence-corrected chi connectivity index (χ0v) is 18.2. The van der Waals surface area contributed by atoms with E-state index in [-0.39, 0.29) is 11.8 Å². The molecule has 1 aromatic carbocycles. The van der Waals surface area contributed by atoms with Crippen LogP contribution in [0.5, 0.6) is 0 Å². The minimum atomic E-state index is -3.45. The molecule has 28 heavy (non-hydrogen) atoms. The van der Waals surface area contributed by atoms with E-state index < -0.39 is 20.0 Å². The van der Waals surface area contributed by atoms with E-state index in [2.05, 4.69) is 0 Å². The third kappa shape index (κ3) is 5.13. The lowest BCUT2D eigenvalue weighted by Crippen LogP contribution is -2.54. The summed E-state index contributed by atoms with van der Waals surface area (Å²) in [6.07, 6.45) is 5.25. The molecule has 0 aromatic heterocycles. The molecular formula is C19H31N3O4S2. The van der Waals surface area contributed by atoms with Crippen LogP contribution in [0.15, 0.2) is 35.2 Å². The van der Waals surface area contributed by atoms with Crippen LogP contribution in [0.2, 0.25) is 0 Å². The van der Waals surface area contributed by atoms with E-state index >= 15 is 0 Å². The molecule has 3 rings (SSSR count). The van der Waals surface area contributed by atoms with Crippen LogP contribution in [0.4, 0.5) is 0 Å². The monoisotopic (exact) mass is 429 g/mol. The number of rotatable bonds is 7. The van der Waals surface area contributed by atoms with E-state index in [0.29, 0.717) is 37.6 Å². The van der Waals surface area contributed by atoms with E-state index in [9.17, 15) is 16.8 Å². The average Bonchev–Trinajstić information content (AvgIpc) is 2.73. The summed E-state index contributed by atoms with van der Waals surface area (Å²) in [6, 6.07) is 8.57. The first-order valence-electron chi connectivity index (χ1n) is 10.0. The van der Waals surface area contributed by atoms with Gasteiger partial charge in [-0.1, -0.05) is 37.5 Å². The van der Waals surface area contributed by atoms with E-state index in [4.69, 9.17) is 0 Å². The molecule has 0 amide bonds. The van der Waals surface area contributed by atoms with Crippen molar-refractivity contribution in [3.05, 3.63) is 30.3 Å². The maximum absolute atomic E-state index is 12.9. The Hall–Kier alpha value is -1.00. The third-order valence-corrected chi connectivity index (χ3v) is 9.64. The maximum Gasteiger partial charge on any atom is 0.282 e. The molecule has 0 bridgehead atoms. The van der Waals surface area contributed by atoms with Crippen molar-refractivity contribution in [3.63, 3.8) is 0 Å². The summed E-state index contributed by atoms with van der Waals surface area (Å²) < 4.78 is 53.8. The highest BCUT2D eigenvalue weighted by Gasteiger charge is 2.34. The summed E-state index contributed by atoms with van der Waals surface area (Å²) in [4.78, 5) is 2.37. The Kier molecular flexibility index (Phi) is 7.14. The van der Waals surface area contributed by atoms with Gasteiger partial charge >= 0.3 is 0 Å². The van der Waals surface area contributed by atoms with Gasteiger partial charge in [0.2, 0.25) is 0 Å². The van der Waals surface area contributed by atoms with Crippen molar-refractivity contribution >= 4 is 20.0 Å². The molecule has 1 aliphatic carbocycles. The lowest BCUT2D eigenvalue weighted by molar-refractivity contribution is 0.183. The lowest BCUT2D eigenvalue weighted by Gasteiger charge is -2.38. The molecule has 2 fully saturated rings. The van der Waals surface area contributed by atoms with Crippen molar-refractivity contribution in [2.75, 3.05) is 45.5 Å². The smallest absolute Gasteiger partial charge is 0.282 e. The number of hydrogen-bond acceptors (Lipinski definition) is 5. The van der Waals surface area contributed by atoms with Crippen molar-refractivity contribution < 1.29 is 16.8 Å². The summed E-state index contributed by atoms with van der Waals surface area (Å²) in [7, 11) is -5.06. The first-order valence-corrected chi connectivity index (χ1v) is 13.1. The molecule has 1 heterocycles. The number of sulfone groups is 1. The summed E-state index contributed by atoms with van der Waals surface area (Å²) in [6.45, 7) is 2.35. The van der Waals surface area contributed by atoms with Gasteiger partial charge in [0.25, 0.3) is 10.2 Å². The minimum Gasteiger partial charge on any atom is -0.300 e. The van der Waals surface area contributed by atoms with Crippen LogP contribution in [0.25, 0.3) is 0 Å². The van der Waals surface area contributed by atoms with Crippen molar-refractivity contribution in [3.8, 4) is 0 Å². The van der Waals surface area contributed by atoms with Gasteiger partial charge in [0.1, 0.15) is 0 Å². The first kappa shape index (κ1) is 21.7. The van der Waals surface area contributed by atoms with Gasteiger partial charge in [-0.05, 0) is 25.0 Å². The fraction of sp³-hybridized carbons (Fsp3) is 0.684. The zero-order valence-electron chi connectivity index (χ0n) is 16.5. The van der Waals surface area contributed by atoms with Gasteiger partial charge in [-0.2, -0.15) is 17.0 Å². The van der Waals surface area contributed by atoms with Gasteiger partial charge in [-0.3, -0.25) is 4.90 Å². The molecule has 1 saturated carbocycles. The van der Waals surface area contributed by atoms with Crippen LogP contribution in [0.1, 0.15) is 32.1 Å². The van der Waals surface area contributed by atoms with Crippen molar-refractivity contribution in [2.24, 2.45) is 0 Å². The number of benzene rings is 1. The molecule has 1 saturated heterocycles. The Bertz CT molecular complexity index is 829. The SMILES string of the molecule is CN(C1CCCCC1)S(=O)(=O)N1CCN(CCS(=O)(=O)c2ccccc2)CC1. The Morgan fingerprint density at radius 1 is 0.929 bits per heavy atom. The second-order valence-electron chi connectivity index (χ2n) is 7.69. The van der Waals surface area contributed by atoms with E-state index in [1.165, 1.54) is 6.42 Å². The highest BCUT2D eigenvalue weighted by Crippen LogP contribution is 2.25. The number of piperazine rings is 1. The van der Waals surface area contributed by atoms with Crippen LogP contribution in [0.3, 0.4) is 0 Å². The van der Waals surface area contributed by atoms with Gasteiger partial charge in [0.05, 0.1) is 10.6 Å². The van der Waals surface area contributed by atoms with Gasteiger partial charge in [-0.15, -0.1) is 0 Å². The second kappa shape index (κ2) is 9.21. The summed E-state index contributed by atoms with van der Waals surface area (Å²) in [5.74, 6) is 0.0474. The molecule has 1 aliphatic heterocycles. The highest BCUT2D eigenvalue weighted by molar-refractivity contribution is 7.91. The normalized spacial score (nSPS) is 21.2. The van der Waals surface area contributed by atoms with Crippen molar-refractivity contribution in [2.45, 2.75) is 43.0 Å². The number of hydrogen-bond donors (Lipinski definition) is 0. The molecule has 2 aliphatic rings. The zero-order chi connectivity index (χ0) is 20.2. The van der Waals surface area contributed by atoms with E-state index in [1.807, 2.05) is 4.90 Å². The largest absolute Gasteiger partial charge is 0.300 e. The molecule has 7 nitrogen and oxygen atoms in total.